The van der Waals surface area contributed by atoms with Crippen LogP contribution in [-0.2, 0) is 9.59 Å². The van der Waals surface area contributed by atoms with Crippen LogP contribution in [-0.4, -0.2) is 60.2 Å². The molecule has 0 aromatic heterocycles. The number of carbonyl (C=O) groups is 3. The van der Waals surface area contributed by atoms with Crippen LogP contribution in [0.4, 0.5) is 4.79 Å². The Hall–Kier alpha value is -2.74. The smallest absolute Gasteiger partial charge is 0.294 e. The first-order valence-corrected chi connectivity index (χ1v) is 10.7. The molecule has 30 heavy (non-hydrogen) atoms. The van der Waals surface area contributed by atoms with E-state index < -0.39 is 11.1 Å². The van der Waals surface area contributed by atoms with Gasteiger partial charge in [-0.05, 0) is 48.4 Å². The van der Waals surface area contributed by atoms with E-state index >= 15 is 0 Å². The number of rotatable bonds is 11. The first-order valence-electron chi connectivity index (χ1n) is 9.89. The van der Waals surface area contributed by atoms with E-state index in [1.54, 1.807) is 35.3 Å². The molecule has 1 aromatic rings. The van der Waals surface area contributed by atoms with Crippen molar-refractivity contribution in [2.45, 2.75) is 26.7 Å². The predicted molar refractivity (Wildman–Crippen MR) is 119 cm³/mol. The minimum Gasteiger partial charge on any atom is -0.493 e. The van der Waals surface area contributed by atoms with E-state index in [1.165, 1.54) is 7.11 Å². The standard InChI is InChI=1S/C22H28N2O5S/c1-5-10-23(11-6-2)20(25)15-24-21(26)19(30-22(24)27)14-16-8-9-17(29-12-7-3)18(13-16)28-4/h7-9,13-14H,3,5-6,10-12,15H2,1-2,4H3/b19-14-. The molecule has 0 aliphatic carbocycles. The van der Waals surface area contributed by atoms with Crippen LogP contribution in [0.3, 0.4) is 0 Å². The van der Waals surface area contributed by atoms with Gasteiger partial charge in [0.1, 0.15) is 13.2 Å². The molecule has 0 unspecified atom stereocenters. The molecule has 7 nitrogen and oxygen atoms in total. The molecule has 162 valence electrons. The molecule has 1 fully saturated rings. The number of methoxy groups -OCH3 is 1. The van der Waals surface area contributed by atoms with E-state index in [4.69, 9.17) is 9.47 Å². The van der Waals surface area contributed by atoms with Crippen molar-refractivity contribution in [2.24, 2.45) is 0 Å². The van der Waals surface area contributed by atoms with E-state index in [9.17, 15) is 14.4 Å². The maximum atomic E-state index is 12.7. The molecule has 1 saturated heterocycles. The SMILES string of the molecule is C=CCOc1ccc(/C=C2\SC(=O)N(CC(=O)N(CCC)CCC)C2=O)cc1OC. The monoisotopic (exact) mass is 432 g/mol. The lowest BCUT2D eigenvalue weighted by Crippen LogP contribution is -2.42. The number of thioether (sulfide) groups is 1. The van der Waals surface area contributed by atoms with Crippen LogP contribution in [0, 0.1) is 0 Å². The zero-order valence-electron chi connectivity index (χ0n) is 17.7. The highest BCUT2D eigenvalue weighted by Crippen LogP contribution is 2.34. The average Bonchev–Trinajstić information content (AvgIpc) is 2.99. The quantitative estimate of drug-likeness (QED) is 0.389. The molecule has 8 heteroatoms. The topological polar surface area (TPSA) is 76.2 Å². The van der Waals surface area contributed by atoms with Gasteiger partial charge in [0.2, 0.25) is 5.91 Å². The second kappa shape index (κ2) is 11.4. The largest absolute Gasteiger partial charge is 0.493 e. The van der Waals surface area contributed by atoms with Crippen LogP contribution < -0.4 is 9.47 Å². The van der Waals surface area contributed by atoms with Gasteiger partial charge in [-0.1, -0.05) is 32.6 Å². The summed E-state index contributed by atoms with van der Waals surface area (Å²) in [5.41, 5.74) is 0.688. The van der Waals surface area contributed by atoms with Gasteiger partial charge in [-0.3, -0.25) is 19.3 Å². The molecular weight excluding hydrogens is 404 g/mol. The van der Waals surface area contributed by atoms with Crippen molar-refractivity contribution in [1.82, 2.24) is 9.80 Å². The van der Waals surface area contributed by atoms with E-state index in [2.05, 4.69) is 6.58 Å². The molecule has 1 aromatic carbocycles. The fraction of sp³-hybridized carbons (Fsp3) is 0.409. The van der Waals surface area contributed by atoms with Gasteiger partial charge in [-0.25, -0.2) is 0 Å². The van der Waals surface area contributed by atoms with Crippen LogP contribution in [0.5, 0.6) is 11.5 Å². The van der Waals surface area contributed by atoms with Gasteiger partial charge < -0.3 is 14.4 Å². The van der Waals surface area contributed by atoms with E-state index in [0.717, 1.165) is 29.5 Å². The molecule has 1 heterocycles. The highest BCUT2D eigenvalue weighted by atomic mass is 32.2. The number of benzene rings is 1. The Morgan fingerprint density at radius 2 is 1.90 bits per heavy atom. The summed E-state index contributed by atoms with van der Waals surface area (Å²) >= 11 is 0.831. The third-order valence-corrected chi connectivity index (χ3v) is 5.26. The zero-order valence-corrected chi connectivity index (χ0v) is 18.5. The summed E-state index contributed by atoms with van der Waals surface area (Å²) in [6.07, 6.45) is 4.89. The lowest BCUT2D eigenvalue weighted by molar-refractivity contribution is -0.135. The molecule has 0 bridgehead atoms. The minimum atomic E-state index is -0.461. The maximum Gasteiger partial charge on any atom is 0.294 e. The summed E-state index contributed by atoms with van der Waals surface area (Å²) in [7, 11) is 1.53. The maximum absolute atomic E-state index is 12.7. The zero-order chi connectivity index (χ0) is 22.1. The summed E-state index contributed by atoms with van der Waals surface area (Å²) in [5, 5.41) is -0.439. The van der Waals surface area contributed by atoms with Crippen LogP contribution in [0.2, 0.25) is 0 Å². The van der Waals surface area contributed by atoms with Crippen LogP contribution >= 0.6 is 11.8 Å². The van der Waals surface area contributed by atoms with E-state index in [-0.39, 0.29) is 17.4 Å². The van der Waals surface area contributed by atoms with Gasteiger partial charge in [-0.2, -0.15) is 0 Å². The summed E-state index contributed by atoms with van der Waals surface area (Å²) in [6.45, 7) is 8.91. The second-order valence-electron chi connectivity index (χ2n) is 6.66. The molecule has 0 N–H and O–H groups in total. The Balaban J connectivity index is 2.16. The highest BCUT2D eigenvalue weighted by molar-refractivity contribution is 8.18. The molecular formula is C22H28N2O5S. The number of hydrogen-bond donors (Lipinski definition) is 0. The molecule has 1 aliphatic rings. The van der Waals surface area contributed by atoms with Crippen LogP contribution in [0.25, 0.3) is 6.08 Å². The average molecular weight is 433 g/mol. The predicted octanol–water partition coefficient (Wildman–Crippen LogP) is 3.94. The normalized spacial score (nSPS) is 14.9. The second-order valence-corrected chi connectivity index (χ2v) is 7.65. The van der Waals surface area contributed by atoms with Crippen molar-refractivity contribution >= 4 is 34.9 Å². The van der Waals surface area contributed by atoms with Gasteiger partial charge in [0.15, 0.2) is 11.5 Å². The fourth-order valence-electron chi connectivity index (χ4n) is 2.97. The third-order valence-electron chi connectivity index (χ3n) is 4.35. The summed E-state index contributed by atoms with van der Waals surface area (Å²) in [5.74, 6) is 0.389. The number of imide groups is 1. The molecule has 0 atom stereocenters. The Bertz CT molecular complexity index is 831. The fourth-order valence-corrected chi connectivity index (χ4v) is 3.80. The number of hydrogen-bond acceptors (Lipinski definition) is 6. The highest BCUT2D eigenvalue weighted by Gasteiger charge is 2.37. The Kier molecular flexibility index (Phi) is 8.98. The van der Waals surface area contributed by atoms with Gasteiger partial charge in [-0.15, -0.1) is 0 Å². The first kappa shape index (κ1) is 23.5. The van der Waals surface area contributed by atoms with Gasteiger partial charge >= 0.3 is 0 Å². The molecule has 2 rings (SSSR count). The van der Waals surface area contributed by atoms with Gasteiger partial charge in [0, 0.05) is 13.1 Å². The summed E-state index contributed by atoms with van der Waals surface area (Å²) in [6, 6.07) is 5.22. The number of ether oxygens (including phenoxy) is 2. The van der Waals surface area contributed by atoms with Crippen LogP contribution in [0.15, 0.2) is 35.8 Å². The van der Waals surface area contributed by atoms with Crippen molar-refractivity contribution in [1.29, 1.82) is 0 Å². The Morgan fingerprint density at radius 1 is 1.20 bits per heavy atom. The van der Waals surface area contributed by atoms with Gasteiger partial charge in [0.05, 0.1) is 12.0 Å². The van der Waals surface area contributed by atoms with Crippen molar-refractivity contribution in [2.75, 3.05) is 33.4 Å². The van der Waals surface area contributed by atoms with Crippen molar-refractivity contribution < 1.29 is 23.9 Å². The van der Waals surface area contributed by atoms with Crippen molar-refractivity contribution in [3.63, 3.8) is 0 Å². The van der Waals surface area contributed by atoms with E-state index in [1.807, 2.05) is 13.8 Å². The Morgan fingerprint density at radius 3 is 2.50 bits per heavy atom. The van der Waals surface area contributed by atoms with Gasteiger partial charge in [0.25, 0.3) is 11.1 Å². The Labute approximate surface area is 181 Å². The number of amides is 3. The minimum absolute atomic E-state index is 0.215. The summed E-state index contributed by atoms with van der Waals surface area (Å²) in [4.78, 5) is 40.6. The number of carbonyl (C=O) groups excluding carboxylic acids is 3. The molecule has 0 spiro atoms. The first-order chi connectivity index (χ1) is 14.4. The molecule has 0 radical (unpaired) electrons. The van der Waals surface area contributed by atoms with Crippen molar-refractivity contribution in [3.05, 3.63) is 41.3 Å². The van der Waals surface area contributed by atoms with Crippen LogP contribution in [0.1, 0.15) is 32.3 Å². The number of nitrogens with zero attached hydrogens (tertiary/aromatic N) is 2. The molecule has 0 saturated carbocycles. The third kappa shape index (κ3) is 5.89. The lowest BCUT2D eigenvalue weighted by Gasteiger charge is -2.23. The van der Waals surface area contributed by atoms with Crippen molar-refractivity contribution in [3.8, 4) is 11.5 Å². The molecule has 1 aliphatic heterocycles. The summed E-state index contributed by atoms with van der Waals surface area (Å²) < 4.78 is 10.9. The van der Waals surface area contributed by atoms with E-state index in [0.29, 0.717) is 36.8 Å². The molecule has 3 amide bonds. The lowest BCUT2D eigenvalue weighted by atomic mass is 10.2.